The molecule has 0 fully saturated rings. The number of amides is 2. The predicted molar refractivity (Wildman–Crippen MR) is 135 cm³/mol. The predicted octanol–water partition coefficient (Wildman–Crippen LogP) is 6.48. The van der Waals surface area contributed by atoms with Gasteiger partial charge < -0.3 is 15.4 Å². The van der Waals surface area contributed by atoms with Gasteiger partial charge in [0.2, 0.25) is 5.91 Å². The summed E-state index contributed by atoms with van der Waals surface area (Å²) in [6, 6.07) is 28.1. The van der Waals surface area contributed by atoms with Crippen LogP contribution in [-0.4, -0.2) is 18.9 Å². The number of nitrogens with one attached hydrogen (secondary N) is 2. The van der Waals surface area contributed by atoms with Crippen molar-refractivity contribution in [3.63, 3.8) is 0 Å². The van der Waals surface area contributed by atoms with E-state index in [4.69, 9.17) is 4.74 Å². The van der Waals surface area contributed by atoms with Gasteiger partial charge in [0.15, 0.2) is 0 Å². The monoisotopic (exact) mass is 474 g/mol. The second-order valence-corrected chi connectivity index (χ2v) is 9.21. The lowest BCUT2D eigenvalue weighted by atomic mass is 10.1. The Morgan fingerprint density at radius 3 is 2.12 bits per heavy atom. The van der Waals surface area contributed by atoms with E-state index in [-0.39, 0.29) is 11.8 Å². The Balaban J connectivity index is 1.48. The molecule has 2 amide bonds. The lowest BCUT2D eigenvalue weighted by molar-refractivity contribution is -0.115. The number of hydrogen-bond donors (Lipinski definition) is 2. The van der Waals surface area contributed by atoms with Gasteiger partial charge in [-0.3, -0.25) is 9.59 Å². The van der Waals surface area contributed by atoms with Crippen molar-refractivity contribution in [3.8, 4) is 5.75 Å². The van der Waals surface area contributed by atoms with Gasteiger partial charge >= 0.3 is 0 Å². The molecule has 0 spiro atoms. The molecule has 1 heterocycles. The second-order valence-electron chi connectivity index (χ2n) is 7.08. The van der Waals surface area contributed by atoms with E-state index in [1.165, 1.54) is 23.1 Å². The van der Waals surface area contributed by atoms with Gasteiger partial charge in [0.25, 0.3) is 5.91 Å². The molecule has 5 nitrogen and oxygen atoms in total. The Hall–Kier alpha value is -3.55. The number of methoxy groups -OCH3 is 1. The summed E-state index contributed by atoms with van der Waals surface area (Å²) in [5.74, 6) is 0.478. The summed E-state index contributed by atoms with van der Waals surface area (Å²) in [5, 5.41) is 7.31. The van der Waals surface area contributed by atoms with E-state index >= 15 is 0 Å². The Labute approximate surface area is 200 Å². The molecule has 4 rings (SSSR count). The maximum absolute atomic E-state index is 13.2. The fraction of sp³-hybridized carbons (Fsp3) is 0.0769. The molecule has 33 heavy (non-hydrogen) atoms. The van der Waals surface area contributed by atoms with Crippen LogP contribution >= 0.6 is 23.1 Å². The smallest absolute Gasteiger partial charge is 0.265 e. The Morgan fingerprint density at radius 1 is 0.818 bits per heavy atom. The van der Waals surface area contributed by atoms with E-state index in [2.05, 4.69) is 10.6 Å². The first-order valence-electron chi connectivity index (χ1n) is 10.2. The van der Waals surface area contributed by atoms with Crippen LogP contribution in [0.25, 0.3) is 0 Å². The van der Waals surface area contributed by atoms with Crippen molar-refractivity contribution in [2.75, 3.05) is 17.7 Å². The van der Waals surface area contributed by atoms with Crippen LogP contribution in [0.1, 0.15) is 20.5 Å². The normalized spacial score (nSPS) is 11.4. The summed E-state index contributed by atoms with van der Waals surface area (Å²) >= 11 is 2.85. The Morgan fingerprint density at radius 2 is 1.48 bits per heavy atom. The lowest BCUT2D eigenvalue weighted by Gasteiger charge is -2.17. The molecule has 166 valence electrons. The molecular weight excluding hydrogens is 452 g/mol. The van der Waals surface area contributed by atoms with Crippen LogP contribution in [0, 0.1) is 0 Å². The summed E-state index contributed by atoms with van der Waals surface area (Å²) in [6.07, 6.45) is 0. The quantitative estimate of drug-likeness (QED) is 0.287. The summed E-state index contributed by atoms with van der Waals surface area (Å²) in [6.45, 7) is 0. The van der Waals surface area contributed by atoms with Crippen molar-refractivity contribution < 1.29 is 14.3 Å². The minimum absolute atomic E-state index is 0.119. The number of thiophene rings is 1. The maximum Gasteiger partial charge on any atom is 0.265 e. The van der Waals surface area contributed by atoms with E-state index < -0.39 is 5.25 Å². The number of benzene rings is 3. The van der Waals surface area contributed by atoms with Crippen molar-refractivity contribution in [1.29, 1.82) is 0 Å². The Kier molecular flexibility index (Phi) is 7.44. The van der Waals surface area contributed by atoms with E-state index in [0.717, 1.165) is 16.2 Å². The molecule has 1 unspecified atom stereocenters. The number of hydrogen-bond acceptors (Lipinski definition) is 5. The number of ether oxygens (including phenoxy) is 1. The zero-order valence-electron chi connectivity index (χ0n) is 17.9. The third-order valence-corrected chi connectivity index (χ3v) is 6.94. The first-order chi connectivity index (χ1) is 16.1. The summed E-state index contributed by atoms with van der Waals surface area (Å²) in [7, 11) is 1.61. The minimum atomic E-state index is -0.445. The number of thioether (sulfide) groups is 1. The summed E-state index contributed by atoms with van der Waals surface area (Å²) in [5.41, 5.74) is 2.31. The molecule has 3 aromatic carbocycles. The molecule has 0 saturated heterocycles. The first kappa shape index (κ1) is 22.6. The van der Waals surface area contributed by atoms with Crippen LogP contribution in [0.2, 0.25) is 0 Å². The van der Waals surface area contributed by atoms with Crippen LogP contribution in [0.3, 0.4) is 0 Å². The third kappa shape index (κ3) is 6.03. The van der Waals surface area contributed by atoms with Gasteiger partial charge in [0, 0.05) is 16.3 Å². The molecule has 7 heteroatoms. The van der Waals surface area contributed by atoms with Crippen molar-refractivity contribution in [2.24, 2.45) is 0 Å². The van der Waals surface area contributed by atoms with Crippen molar-refractivity contribution in [2.45, 2.75) is 10.1 Å². The molecule has 0 aliphatic heterocycles. The van der Waals surface area contributed by atoms with Crippen LogP contribution < -0.4 is 15.4 Å². The molecule has 0 saturated carbocycles. The maximum atomic E-state index is 13.2. The van der Waals surface area contributed by atoms with Crippen LogP contribution in [0.5, 0.6) is 5.75 Å². The Bertz CT molecular complexity index is 1190. The number of rotatable bonds is 8. The molecule has 2 N–H and O–H groups in total. The van der Waals surface area contributed by atoms with E-state index in [1.807, 2.05) is 90.3 Å². The first-order valence-corrected chi connectivity index (χ1v) is 12.0. The van der Waals surface area contributed by atoms with Crippen LogP contribution in [0.4, 0.5) is 11.4 Å². The SMILES string of the molecule is COc1ccc(NC(=O)C(Sc2ccc(NC(=O)c3cccs3)cc2)c2ccccc2)cc1. The van der Waals surface area contributed by atoms with Gasteiger partial charge in [-0.15, -0.1) is 23.1 Å². The fourth-order valence-electron chi connectivity index (χ4n) is 3.14. The van der Waals surface area contributed by atoms with E-state index in [1.54, 1.807) is 13.2 Å². The van der Waals surface area contributed by atoms with Gasteiger partial charge in [-0.1, -0.05) is 36.4 Å². The average Bonchev–Trinajstić information content (AvgIpc) is 3.40. The number of carbonyl (C=O) groups excluding carboxylic acids is 2. The largest absolute Gasteiger partial charge is 0.497 e. The molecule has 0 bridgehead atoms. The fourth-order valence-corrected chi connectivity index (χ4v) is 4.78. The summed E-state index contributed by atoms with van der Waals surface area (Å²) in [4.78, 5) is 27.0. The van der Waals surface area contributed by atoms with E-state index in [0.29, 0.717) is 16.3 Å². The number of anilines is 2. The van der Waals surface area contributed by atoms with Crippen molar-refractivity contribution in [1.82, 2.24) is 0 Å². The van der Waals surface area contributed by atoms with Crippen molar-refractivity contribution >= 4 is 46.3 Å². The molecule has 0 aliphatic carbocycles. The molecule has 1 atom stereocenters. The molecule has 4 aromatic rings. The van der Waals surface area contributed by atoms with Crippen LogP contribution in [-0.2, 0) is 4.79 Å². The zero-order valence-corrected chi connectivity index (χ0v) is 19.5. The second kappa shape index (κ2) is 10.8. The molecular formula is C26H22N2O3S2. The molecule has 0 radical (unpaired) electrons. The average molecular weight is 475 g/mol. The number of carbonyl (C=O) groups is 2. The highest BCUT2D eigenvalue weighted by Gasteiger charge is 2.22. The highest BCUT2D eigenvalue weighted by Crippen LogP contribution is 2.37. The third-order valence-electron chi connectivity index (χ3n) is 4.81. The highest BCUT2D eigenvalue weighted by molar-refractivity contribution is 8.00. The molecule has 0 aliphatic rings. The molecule has 1 aromatic heterocycles. The lowest BCUT2D eigenvalue weighted by Crippen LogP contribution is -2.19. The van der Waals surface area contributed by atoms with Gasteiger partial charge in [-0.2, -0.15) is 0 Å². The van der Waals surface area contributed by atoms with Gasteiger partial charge in [-0.25, -0.2) is 0 Å². The van der Waals surface area contributed by atoms with Gasteiger partial charge in [0.1, 0.15) is 11.0 Å². The zero-order chi connectivity index (χ0) is 23.0. The summed E-state index contributed by atoms with van der Waals surface area (Å²) < 4.78 is 5.18. The highest BCUT2D eigenvalue weighted by atomic mass is 32.2. The van der Waals surface area contributed by atoms with Gasteiger partial charge in [-0.05, 0) is 65.5 Å². The van der Waals surface area contributed by atoms with Crippen LogP contribution in [0.15, 0.2) is 101 Å². The minimum Gasteiger partial charge on any atom is -0.497 e. The van der Waals surface area contributed by atoms with E-state index in [9.17, 15) is 9.59 Å². The van der Waals surface area contributed by atoms with Crippen molar-refractivity contribution in [3.05, 3.63) is 107 Å². The topological polar surface area (TPSA) is 67.4 Å². The van der Waals surface area contributed by atoms with Gasteiger partial charge in [0.05, 0.1) is 12.0 Å². The standard InChI is InChI=1S/C26H22N2O3S2/c1-31-21-13-9-19(10-14-21)28-26(30)24(18-6-3-2-4-7-18)33-22-15-11-20(12-16-22)27-25(29)23-8-5-17-32-23/h2-17,24H,1H3,(H,27,29)(H,28,30).